The van der Waals surface area contributed by atoms with Crippen LogP contribution in [0, 0.1) is 0 Å². The second-order valence-corrected chi connectivity index (χ2v) is 4.85. The smallest absolute Gasteiger partial charge is 0.221 e. The number of H-pyrrole nitrogens is 1. The van der Waals surface area contributed by atoms with Crippen LogP contribution in [0.2, 0.25) is 0 Å². The Morgan fingerprint density at radius 1 is 1.09 bits per heavy atom. The summed E-state index contributed by atoms with van der Waals surface area (Å²) < 4.78 is 0. The highest BCUT2D eigenvalue weighted by Crippen LogP contribution is 2.17. The van der Waals surface area contributed by atoms with Gasteiger partial charge in [-0.25, -0.2) is 9.97 Å². The summed E-state index contributed by atoms with van der Waals surface area (Å²) in [5.41, 5.74) is 3.57. The highest BCUT2D eigenvalue weighted by Gasteiger charge is 2.11. The van der Waals surface area contributed by atoms with Crippen LogP contribution in [0.3, 0.4) is 0 Å². The molecular formula is C15H10N6O. The zero-order valence-electron chi connectivity index (χ0n) is 11.4. The van der Waals surface area contributed by atoms with Gasteiger partial charge in [0.1, 0.15) is 5.69 Å². The fourth-order valence-electron chi connectivity index (χ4n) is 2.39. The summed E-state index contributed by atoms with van der Waals surface area (Å²) in [4.78, 5) is 24.0. The number of carbonyl (C=O) groups excluding carboxylic acids is 1. The summed E-state index contributed by atoms with van der Waals surface area (Å²) in [7, 11) is 0. The summed E-state index contributed by atoms with van der Waals surface area (Å²) in [6.45, 7) is 0. The lowest BCUT2D eigenvalue weighted by molar-refractivity contribution is 0.111. The van der Waals surface area contributed by atoms with Crippen LogP contribution in [0.5, 0.6) is 0 Å². The Balaban J connectivity index is 1.79. The Bertz CT molecular complexity index is 994. The maximum atomic E-state index is 11.2. The molecule has 0 atom stereocenters. The molecule has 3 aromatic heterocycles. The van der Waals surface area contributed by atoms with E-state index < -0.39 is 0 Å². The lowest BCUT2D eigenvalue weighted by Crippen LogP contribution is -2.02. The average Bonchev–Trinajstić information content (AvgIpc) is 3.01. The van der Waals surface area contributed by atoms with E-state index in [1.165, 1.54) is 0 Å². The number of aldehydes is 1. The zero-order valence-corrected chi connectivity index (χ0v) is 11.4. The zero-order chi connectivity index (χ0) is 14.9. The summed E-state index contributed by atoms with van der Waals surface area (Å²) >= 11 is 0. The second kappa shape index (κ2) is 4.96. The van der Waals surface area contributed by atoms with E-state index in [4.69, 9.17) is 0 Å². The quantitative estimate of drug-likeness (QED) is 0.577. The number of nitrogens with one attached hydrogen (secondary N) is 1. The second-order valence-electron chi connectivity index (χ2n) is 4.85. The van der Waals surface area contributed by atoms with Crippen molar-refractivity contribution in [1.29, 1.82) is 0 Å². The van der Waals surface area contributed by atoms with Crippen LogP contribution in [0.4, 0.5) is 0 Å². The van der Waals surface area contributed by atoms with Crippen molar-refractivity contribution in [2.24, 2.45) is 0 Å². The molecule has 22 heavy (non-hydrogen) atoms. The number of hydrogen-bond donors (Lipinski definition) is 1. The Morgan fingerprint density at radius 3 is 2.82 bits per heavy atom. The number of pyridine rings is 1. The number of aromatic nitrogens is 6. The van der Waals surface area contributed by atoms with E-state index in [0.717, 1.165) is 16.5 Å². The predicted molar refractivity (Wildman–Crippen MR) is 79.4 cm³/mol. The van der Waals surface area contributed by atoms with E-state index >= 15 is 0 Å². The van der Waals surface area contributed by atoms with Crippen LogP contribution in [-0.2, 0) is 6.42 Å². The van der Waals surface area contributed by atoms with Crippen molar-refractivity contribution in [2.75, 3.05) is 0 Å². The molecule has 0 unspecified atom stereocenters. The van der Waals surface area contributed by atoms with E-state index in [9.17, 15) is 4.79 Å². The molecule has 1 N–H and O–H groups in total. The number of carbonyl (C=O) groups is 1. The van der Waals surface area contributed by atoms with Crippen molar-refractivity contribution in [3.05, 3.63) is 53.5 Å². The predicted octanol–water partition coefficient (Wildman–Crippen LogP) is 1.70. The topological polar surface area (TPSA) is 97.3 Å². The third kappa shape index (κ3) is 2.08. The molecule has 0 fully saturated rings. The number of nitrogens with zero attached hydrogens (tertiary/aromatic N) is 5. The van der Waals surface area contributed by atoms with E-state index in [1.807, 2.05) is 30.3 Å². The summed E-state index contributed by atoms with van der Waals surface area (Å²) in [6, 6.07) is 9.85. The summed E-state index contributed by atoms with van der Waals surface area (Å²) in [6.07, 6.45) is 2.95. The van der Waals surface area contributed by atoms with Crippen molar-refractivity contribution < 1.29 is 4.79 Å². The molecule has 0 saturated carbocycles. The Hall–Kier alpha value is -3.22. The molecular weight excluding hydrogens is 280 g/mol. The van der Waals surface area contributed by atoms with E-state index in [0.29, 0.717) is 29.7 Å². The minimum atomic E-state index is 0.285. The maximum Gasteiger partial charge on any atom is 0.221 e. The van der Waals surface area contributed by atoms with Gasteiger partial charge in [-0.3, -0.25) is 9.78 Å². The van der Waals surface area contributed by atoms with E-state index in [-0.39, 0.29) is 5.69 Å². The fraction of sp³-hybridized carbons (Fsp3) is 0.0667. The van der Waals surface area contributed by atoms with E-state index in [2.05, 4.69) is 30.4 Å². The molecule has 0 saturated heterocycles. The highest BCUT2D eigenvalue weighted by molar-refractivity contribution is 5.80. The third-order valence-corrected chi connectivity index (χ3v) is 3.43. The first-order valence-electron chi connectivity index (χ1n) is 6.70. The van der Waals surface area contributed by atoms with Crippen LogP contribution in [-0.4, -0.2) is 36.6 Å². The number of benzene rings is 1. The van der Waals surface area contributed by atoms with Crippen molar-refractivity contribution in [1.82, 2.24) is 30.4 Å². The van der Waals surface area contributed by atoms with Gasteiger partial charge >= 0.3 is 0 Å². The molecule has 4 aromatic rings. The van der Waals surface area contributed by atoms with Gasteiger partial charge in [-0.15, -0.1) is 10.2 Å². The van der Waals surface area contributed by atoms with Gasteiger partial charge in [0.05, 0.1) is 11.2 Å². The Labute approximate surface area is 124 Å². The van der Waals surface area contributed by atoms with Gasteiger partial charge in [0, 0.05) is 18.0 Å². The van der Waals surface area contributed by atoms with E-state index in [1.54, 1.807) is 6.20 Å². The Kier molecular flexibility index (Phi) is 2.82. The first-order chi connectivity index (χ1) is 10.8. The van der Waals surface area contributed by atoms with Gasteiger partial charge in [0.2, 0.25) is 11.3 Å². The molecule has 0 aliphatic carbocycles. The molecule has 7 nitrogen and oxygen atoms in total. The number of hydrogen-bond acceptors (Lipinski definition) is 6. The first-order valence-corrected chi connectivity index (χ1v) is 6.70. The lowest BCUT2D eigenvalue weighted by Gasteiger charge is -2.05. The normalized spacial score (nSPS) is 11.1. The molecule has 106 valence electrons. The maximum absolute atomic E-state index is 11.2. The fourth-order valence-corrected chi connectivity index (χ4v) is 2.39. The van der Waals surface area contributed by atoms with Crippen molar-refractivity contribution >= 4 is 28.5 Å². The molecule has 0 radical (unpaired) electrons. The van der Waals surface area contributed by atoms with Gasteiger partial charge < -0.3 is 0 Å². The lowest BCUT2D eigenvalue weighted by atomic mass is 10.1. The molecule has 3 heterocycles. The summed E-state index contributed by atoms with van der Waals surface area (Å²) in [5, 5.41) is 11.2. The van der Waals surface area contributed by atoms with Crippen LogP contribution in [0.15, 0.2) is 36.5 Å². The Morgan fingerprint density at radius 2 is 1.95 bits per heavy atom. The van der Waals surface area contributed by atoms with Crippen LogP contribution >= 0.6 is 0 Å². The van der Waals surface area contributed by atoms with Crippen LogP contribution < -0.4 is 0 Å². The number of aromatic amines is 1. The molecule has 0 spiro atoms. The van der Waals surface area contributed by atoms with Crippen LogP contribution in [0.1, 0.15) is 21.7 Å². The minimum Gasteiger partial charge on any atom is -0.296 e. The number of fused-ring (bicyclic) bond motifs is 2. The first kappa shape index (κ1) is 12.5. The van der Waals surface area contributed by atoms with Crippen LogP contribution in [0.25, 0.3) is 22.2 Å². The SMILES string of the molecule is O=Cc1nc2n[nH]nc2nc1Cc1ccc2ncccc2c1. The highest BCUT2D eigenvalue weighted by atomic mass is 16.1. The van der Waals surface area contributed by atoms with Gasteiger partial charge in [-0.2, -0.15) is 5.21 Å². The average molecular weight is 290 g/mol. The summed E-state index contributed by atoms with van der Waals surface area (Å²) in [5.74, 6) is 0. The van der Waals surface area contributed by atoms with Gasteiger partial charge in [0.25, 0.3) is 0 Å². The largest absolute Gasteiger partial charge is 0.296 e. The number of rotatable bonds is 3. The van der Waals surface area contributed by atoms with Crippen molar-refractivity contribution in [3.8, 4) is 0 Å². The minimum absolute atomic E-state index is 0.285. The van der Waals surface area contributed by atoms with Gasteiger partial charge in [0.15, 0.2) is 6.29 Å². The molecule has 0 aliphatic rings. The molecule has 1 aromatic carbocycles. The third-order valence-electron chi connectivity index (χ3n) is 3.43. The molecule has 4 rings (SSSR count). The monoisotopic (exact) mass is 290 g/mol. The van der Waals surface area contributed by atoms with Gasteiger partial charge in [-0.1, -0.05) is 12.1 Å². The molecule has 0 amide bonds. The molecule has 0 bridgehead atoms. The molecule has 0 aliphatic heterocycles. The van der Waals surface area contributed by atoms with Crippen molar-refractivity contribution in [3.63, 3.8) is 0 Å². The van der Waals surface area contributed by atoms with Crippen molar-refractivity contribution in [2.45, 2.75) is 6.42 Å². The van der Waals surface area contributed by atoms with Gasteiger partial charge in [-0.05, 0) is 23.8 Å². The standard InChI is InChI=1S/C15H10N6O/c22-8-13-12(17-14-15(18-13)20-21-19-14)7-9-3-4-11-10(6-9)2-1-5-16-11/h1-6,8H,7H2,(H,17,18,19,20,21). The molecule has 7 heteroatoms.